The Morgan fingerprint density at radius 3 is 2.61 bits per heavy atom. The molecule has 2 rings (SSSR count). The molecule has 0 aliphatic carbocycles. The van der Waals surface area contributed by atoms with Gasteiger partial charge < -0.3 is 10.1 Å². The molecule has 0 saturated heterocycles. The summed E-state index contributed by atoms with van der Waals surface area (Å²) in [7, 11) is 0. The maximum absolute atomic E-state index is 11.9. The van der Waals surface area contributed by atoms with E-state index < -0.39 is 0 Å². The molecule has 0 unspecified atom stereocenters. The van der Waals surface area contributed by atoms with Gasteiger partial charge in [0, 0.05) is 11.1 Å². The smallest absolute Gasteiger partial charge is 0.244 e. The van der Waals surface area contributed by atoms with Gasteiger partial charge in [-0.25, -0.2) is 0 Å². The number of para-hydroxylation sites is 1. The number of benzene rings is 2. The van der Waals surface area contributed by atoms with Crippen LogP contribution in [-0.4, -0.2) is 18.6 Å². The van der Waals surface area contributed by atoms with Crippen LogP contribution < -0.4 is 10.1 Å². The van der Waals surface area contributed by atoms with Crippen LogP contribution in [0.25, 0.3) is 6.08 Å². The number of rotatable bonds is 6. The molecule has 4 heteroatoms. The molecule has 1 N–H and O–H groups in total. The third-order valence-corrected chi connectivity index (χ3v) is 3.52. The molecule has 2 aromatic carbocycles. The highest BCUT2D eigenvalue weighted by molar-refractivity contribution is 6.30. The maximum atomic E-state index is 11.9. The van der Waals surface area contributed by atoms with Gasteiger partial charge in [0.25, 0.3) is 0 Å². The van der Waals surface area contributed by atoms with E-state index in [9.17, 15) is 4.79 Å². The monoisotopic (exact) mass is 329 g/mol. The zero-order valence-electron chi connectivity index (χ0n) is 13.3. The first kappa shape index (κ1) is 17.1. The molecule has 0 aliphatic rings. The van der Waals surface area contributed by atoms with E-state index >= 15 is 0 Å². The Morgan fingerprint density at radius 2 is 1.91 bits per heavy atom. The lowest BCUT2D eigenvalue weighted by atomic mass is 10.2. The molecule has 0 bridgehead atoms. The molecule has 0 radical (unpaired) electrons. The highest BCUT2D eigenvalue weighted by Gasteiger charge is 2.06. The van der Waals surface area contributed by atoms with Gasteiger partial charge in [0.1, 0.15) is 12.4 Å². The predicted octanol–water partition coefficient (Wildman–Crippen LogP) is 4.25. The Kier molecular flexibility index (Phi) is 6.24. The predicted molar refractivity (Wildman–Crippen MR) is 94.8 cm³/mol. The van der Waals surface area contributed by atoms with Crippen LogP contribution in [0.2, 0.25) is 5.02 Å². The molecule has 3 nitrogen and oxygen atoms in total. The van der Waals surface area contributed by atoms with Crippen molar-refractivity contribution in [2.45, 2.75) is 19.9 Å². The Hall–Kier alpha value is -2.26. The van der Waals surface area contributed by atoms with E-state index in [0.717, 1.165) is 16.9 Å². The van der Waals surface area contributed by atoms with Gasteiger partial charge in [-0.2, -0.15) is 0 Å². The second-order valence-corrected chi connectivity index (χ2v) is 5.81. The number of halogens is 1. The topological polar surface area (TPSA) is 38.3 Å². The molecular weight excluding hydrogens is 310 g/mol. The van der Waals surface area contributed by atoms with Crippen molar-refractivity contribution in [1.82, 2.24) is 5.32 Å². The average Bonchev–Trinajstić information content (AvgIpc) is 2.53. The van der Waals surface area contributed by atoms with Crippen LogP contribution in [0.4, 0.5) is 0 Å². The van der Waals surface area contributed by atoms with Gasteiger partial charge in [0.2, 0.25) is 5.91 Å². The molecule has 0 spiro atoms. The number of aryl methyl sites for hydroxylation is 1. The van der Waals surface area contributed by atoms with Gasteiger partial charge in [0.15, 0.2) is 0 Å². The number of hydrogen-bond donors (Lipinski definition) is 1. The van der Waals surface area contributed by atoms with Crippen LogP contribution in [0, 0.1) is 6.92 Å². The van der Waals surface area contributed by atoms with E-state index in [-0.39, 0.29) is 11.9 Å². The van der Waals surface area contributed by atoms with E-state index in [1.165, 1.54) is 6.08 Å². The minimum absolute atomic E-state index is 0.0861. The molecule has 0 heterocycles. The van der Waals surface area contributed by atoms with Crippen molar-refractivity contribution >= 4 is 23.6 Å². The van der Waals surface area contributed by atoms with Crippen LogP contribution in [0.3, 0.4) is 0 Å². The number of carbonyl (C=O) groups excluding carboxylic acids is 1. The largest absolute Gasteiger partial charge is 0.491 e. The summed E-state index contributed by atoms with van der Waals surface area (Å²) in [5, 5.41) is 3.55. The van der Waals surface area contributed by atoms with Crippen LogP contribution in [-0.2, 0) is 4.79 Å². The fourth-order valence-electron chi connectivity index (χ4n) is 2.01. The molecule has 1 atom stereocenters. The van der Waals surface area contributed by atoms with Crippen LogP contribution in [0.15, 0.2) is 54.6 Å². The SMILES string of the molecule is Cc1ccccc1OC[C@@H](C)NC(=O)/C=C/c1ccc(Cl)cc1. The van der Waals surface area contributed by atoms with E-state index in [1.807, 2.05) is 50.2 Å². The third kappa shape index (κ3) is 5.80. The van der Waals surface area contributed by atoms with Gasteiger partial charge in [-0.05, 0) is 49.2 Å². The van der Waals surface area contributed by atoms with Crippen LogP contribution in [0.1, 0.15) is 18.1 Å². The first-order valence-corrected chi connectivity index (χ1v) is 7.85. The zero-order valence-corrected chi connectivity index (χ0v) is 14.0. The van der Waals surface area contributed by atoms with Crippen molar-refractivity contribution in [2.75, 3.05) is 6.61 Å². The first-order valence-electron chi connectivity index (χ1n) is 7.47. The van der Waals surface area contributed by atoms with E-state index in [0.29, 0.717) is 11.6 Å². The Labute approximate surface area is 141 Å². The molecule has 23 heavy (non-hydrogen) atoms. The van der Waals surface area contributed by atoms with Crippen molar-refractivity contribution in [2.24, 2.45) is 0 Å². The average molecular weight is 330 g/mol. The third-order valence-electron chi connectivity index (χ3n) is 3.27. The van der Waals surface area contributed by atoms with Crippen molar-refractivity contribution < 1.29 is 9.53 Å². The number of ether oxygens (including phenoxy) is 1. The fraction of sp³-hybridized carbons (Fsp3) is 0.211. The van der Waals surface area contributed by atoms with Crippen LogP contribution >= 0.6 is 11.6 Å². The number of amides is 1. The lowest BCUT2D eigenvalue weighted by molar-refractivity contribution is -0.117. The summed E-state index contributed by atoms with van der Waals surface area (Å²) >= 11 is 5.82. The van der Waals surface area contributed by atoms with E-state index in [1.54, 1.807) is 18.2 Å². The summed E-state index contributed by atoms with van der Waals surface area (Å²) in [5.41, 5.74) is 2.00. The quantitative estimate of drug-likeness (QED) is 0.805. The Bertz CT molecular complexity index is 680. The van der Waals surface area contributed by atoms with Crippen molar-refractivity contribution in [1.29, 1.82) is 0 Å². The summed E-state index contributed by atoms with van der Waals surface area (Å²) in [6.07, 6.45) is 3.26. The summed E-state index contributed by atoms with van der Waals surface area (Å²) < 4.78 is 5.72. The fourth-order valence-corrected chi connectivity index (χ4v) is 2.14. The van der Waals surface area contributed by atoms with E-state index in [4.69, 9.17) is 16.3 Å². The molecule has 120 valence electrons. The minimum Gasteiger partial charge on any atom is -0.491 e. The molecule has 0 saturated carbocycles. The Balaban J connectivity index is 1.80. The first-order chi connectivity index (χ1) is 11.0. The van der Waals surface area contributed by atoms with Crippen molar-refractivity contribution in [3.63, 3.8) is 0 Å². The summed E-state index contributed by atoms with van der Waals surface area (Å²) in [5.74, 6) is 0.686. The molecular formula is C19H20ClNO2. The van der Waals surface area contributed by atoms with Crippen LogP contribution in [0.5, 0.6) is 5.75 Å². The normalized spacial score (nSPS) is 12.1. The molecule has 2 aromatic rings. The molecule has 0 fully saturated rings. The Morgan fingerprint density at radius 1 is 1.22 bits per heavy atom. The summed E-state index contributed by atoms with van der Waals surface area (Å²) in [6, 6.07) is 15.0. The lowest BCUT2D eigenvalue weighted by Crippen LogP contribution is -2.35. The van der Waals surface area contributed by atoms with Gasteiger partial charge >= 0.3 is 0 Å². The zero-order chi connectivity index (χ0) is 16.7. The van der Waals surface area contributed by atoms with Gasteiger partial charge in [-0.3, -0.25) is 4.79 Å². The number of hydrogen-bond acceptors (Lipinski definition) is 2. The van der Waals surface area contributed by atoms with Crippen molar-refractivity contribution in [3.8, 4) is 5.75 Å². The molecule has 0 aromatic heterocycles. The molecule has 0 aliphatic heterocycles. The standard InChI is InChI=1S/C19H20ClNO2/c1-14-5-3-4-6-18(14)23-13-15(2)21-19(22)12-9-16-7-10-17(20)11-8-16/h3-12,15H,13H2,1-2H3,(H,21,22)/b12-9+/t15-/m1/s1. The van der Waals surface area contributed by atoms with Gasteiger partial charge in [-0.15, -0.1) is 0 Å². The highest BCUT2D eigenvalue weighted by atomic mass is 35.5. The van der Waals surface area contributed by atoms with Crippen molar-refractivity contribution in [3.05, 3.63) is 70.8 Å². The second kappa shape index (κ2) is 8.39. The summed E-state index contributed by atoms with van der Waals surface area (Å²) in [6.45, 7) is 4.32. The number of nitrogens with one attached hydrogen (secondary N) is 1. The lowest BCUT2D eigenvalue weighted by Gasteiger charge is -2.15. The highest BCUT2D eigenvalue weighted by Crippen LogP contribution is 2.16. The second-order valence-electron chi connectivity index (χ2n) is 5.37. The maximum Gasteiger partial charge on any atom is 0.244 e. The number of carbonyl (C=O) groups is 1. The molecule has 1 amide bonds. The van der Waals surface area contributed by atoms with E-state index in [2.05, 4.69) is 5.32 Å². The van der Waals surface area contributed by atoms with Gasteiger partial charge in [0.05, 0.1) is 6.04 Å². The minimum atomic E-state index is -0.152. The van der Waals surface area contributed by atoms with Gasteiger partial charge in [-0.1, -0.05) is 41.9 Å². The summed E-state index contributed by atoms with van der Waals surface area (Å²) in [4.78, 5) is 11.9.